The Morgan fingerprint density at radius 2 is 1.76 bits per heavy atom. The average Bonchev–Trinajstić information content (AvgIpc) is 3.11. The summed E-state index contributed by atoms with van der Waals surface area (Å²) in [4.78, 5) is 27.8. The van der Waals surface area contributed by atoms with E-state index in [1.54, 1.807) is 36.0 Å². The third-order valence-corrected chi connectivity index (χ3v) is 4.67. The predicted molar refractivity (Wildman–Crippen MR) is 116 cm³/mol. The van der Waals surface area contributed by atoms with E-state index in [4.69, 9.17) is 0 Å². The molecule has 0 aliphatic rings. The van der Waals surface area contributed by atoms with E-state index in [0.29, 0.717) is 16.9 Å². The molecule has 0 atom stereocenters. The topological polar surface area (TPSA) is 64.0 Å². The van der Waals surface area contributed by atoms with Crippen molar-refractivity contribution < 1.29 is 9.59 Å². The van der Waals surface area contributed by atoms with Crippen LogP contribution in [-0.4, -0.2) is 21.7 Å². The van der Waals surface area contributed by atoms with Crippen molar-refractivity contribution in [1.82, 2.24) is 9.55 Å². The molecule has 5 heteroatoms. The van der Waals surface area contributed by atoms with E-state index >= 15 is 0 Å². The number of fused-ring (bicyclic) bond motifs is 1. The molecule has 2 aromatic carbocycles. The summed E-state index contributed by atoms with van der Waals surface area (Å²) in [5.41, 5.74) is 4.61. The smallest absolute Gasteiger partial charge is 0.255 e. The van der Waals surface area contributed by atoms with Crippen LogP contribution in [0.15, 0.2) is 73.1 Å². The van der Waals surface area contributed by atoms with Gasteiger partial charge in [0, 0.05) is 30.4 Å². The number of hydrogen-bond acceptors (Lipinski definition) is 3. The highest BCUT2D eigenvalue weighted by molar-refractivity contribution is 6.04. The maximum atomic E-state index is 12.4. The zero-order valence-electron chi connectivity index (χ0n) is 15.9. The molecule has 0 spiro atoms. The van der Waals surface area contributed by atoms with Crippen molar-refractivity contribution in [2.45, 2.75) is 0 Å². The Bertz CT molecular complexity index is 1220. The number of anilines is 1. The van der Waals surface area contributed by atoms with Gasteiger partial charge in [-0.1, -0.05) is 42.5 Å². The monoisotopic (exact) mass is 381 g/mol. The molecule has 5 nitrogen and oxygen atoms in total. The number of aromatic nitrogens is 2. The number of amides is 1. The van der Waals surface area contributed by atoms with Gasteiger partial charge < -0.3 is 9.88 Å². The van der Waals surface area contributed by atoms with E-state index in [0.717, 1.165) is 28.3 Å². The summed E-state index contributed by atoms with van der Waals surface area (Å²) in [5.74, 6) is -0.220. The van der Waals surface area contributed by atoms with E-state index < -0.39 is 0 Å². The van der Waals surface area contributed by atoms with Gasteiger partial charge in [-0.15, -0.1) is 0 Å². The van der Waals surface area contributed by atoms with Gasteiger partial charge >= 0.3 is 0 Å². The van der Waals surface area contributed by atoms with E-state index in [2.05, 4.69) is 16.4 Å². The number of aryl methyl sites for hydroxylation is 1. The second-order valence-electron chi connectivity index (χ2n) is 6.75. The first-order chi connectivity index (χ1) is 14.1. The van der Waals surface area contributed by atoms with Crippen molar-refractivity contribution in [2.75, 3.05) is 5.32 Å². The summed E-state index contributed by atoms with van der Waals surface area (Å²) >= 11 is 0. The van der Waals surface area contributed by atoms with Crippen LogP contribution >= 0.6 is 0 Å². The minimum Gasteiger partial charge on any atom is -0.346 e. The summed E-state index contributed by atoms with van der Waals surface area (Å²) in [6.45, 7) is 0. The minimum absolute atomic E-state index is 0.220. The largest absolute Gasteiger partial charge is 0.346 e. The number of para-hydroxylation sites is 1. The molecule has 0 aliphatic carbocycles. The molecule has 4 aromatic rings. The molecule has 0 fully saturated rings. The Balaban J connectivity index is 1.45. The van der Waals surface area contributed by atoms with Crippen LogP contribution in [0.2, 0.25) is 0 Å². The van der Waals surface area contributed by atoms with Crippen molar-refractivity contribution in [3.63, 3.8) is 0 Å². The summed E-state index contributed by atoms with van der Waals surface area (Å²) < 4.78 is 1.66. The number of rotatable bonds is 5. The van der Waals surface area contributed by atoms with E-state index in [9.17, 15) is 9.59 Å². The van der Waals surface area contributed by atoms with Gasteiger partial charge in [0.15, 0.2) is 6.29 Å². The maximum Gasteiger partial charge on any atom is 0.255 e. The molecule has 0 saturated carbocycles. The van der Waals surface area contributed by atoms with Crippen LogP contribution in [0.25, 0.3) is 23.1 Å². The lowest BCUT2D eigenvalue weighted by Gasteiger charge is -2.03. The van der Waals surface area contributed by atoms with Crippen molar-refractivity contribution in [1.29, 1.82) is 0 Å². The molecule has 0 unspecified atom stereocenters. The normalized spacial score (nSPS) is 11.1. The Morgan fingerprint density at radius 1 is 1.00 bits per heavy atom. The molecule has 4 rings (SSSR count). The van der Waals surface area contributed by atoms with Gasteiger partial charge in [0.1, 0.15) is 0 Å². The second-order valence-corrected chi connectivity index (χ2v) is 6.75. The molecule has 1 N–H and O–H groups in total. The van der Waals surface area contributed by atoms with Crippen LogP contribution in [0.4, 0.5) is 5.69 Å². The molecule has 142 valence electrons. The van der Waals surface area contributed by atoms with E-state index in [1.807, 2.05) is 54.7 Å². The predicted octanol–water partition coefficient (Wildman–Crippen LogP) is 4.81. The molecule has 0 aliphatic heterocycles. The molecule has 0 radical (unpaired) electrons. The number of carbonyl (C=O) groups is 2. The number of benzene rings is 2. The Morgan fingerprint density at radius 3 is 2.52 bits per heavy atom. The van der Waals surface area contributed by atoms with Crippen molar-refractivity contribution in [3.8, 4) is 0 Å². The zero-order valence-corrected chi connectivity index (χ0v) is 15.9. The highest BCUT2D eigenvalue weighted by Crippen LogP contribution is 2.16. The minimum atomic E-state index is -0.220. The fourth-order valence-electron chi connectivity index (χ4n) is 3.09. The van der Waals surface area contributed by atoms with Crippen LogP contribution in [0.5, 0.6) is 0 Å². The lowest BCUT2D eigenvalue weighted by molar-refractivity contribution is 0.102. The number of nitrogens with one attached hydrogen (secondary N) is 1. The fraction of sp³-hybridized carbons (Fsp3) is 0.0417. The van der Waals surface area contributed by atoms with Crippen LogP contribution in [-0.2, 0) is 7.05 Å². The van der Waals surface area contributed by atoms with Gasteiger partial charge in [0.05, 0.1) is 16.9 Å². The molecular formula is C24H19N3O2. The van der Waals surface area contributed by atoms with Crippen LogP contribution in [0.3, 0.4) is 0 Å². The molecule has 29 heavy (non-hydrogen) atoms. The maximum absolute atomic E-state index is 12.4. The van der Waals surface area contributed by atoms with Crippen molar-refractivity contribution in [2.24, 2.45) is 7.05 Å². The van der Waals surface area contributed by atoms with Crippen LogP contribution in [0, 0.1) is 0 Å². The number of pyridine rings is 1. The van der Waals surface area contributed by atoms with Gasteiger partial charge in [-0.2, -0.15) is 0 Å². The molecular weight excluding hydrogens is 362 g/mol. The van der Waals surface area contributed by atoms with Crippen molar-refractivity contribution in [3.05, 3.63) is 95.4 Å². The molecule has 0 bridgehead atoms. The average molecular weight is 381 g/mol. The number of hydrogen-bond donors (Lipinski definition) is 1. The second kappa shape index (κ2) is 7.94. The molecule has 2 aromatic heterocycles. The highest BCUT2D eigenvalue weighted by atomic mass is 16.1. The summed E-state index contributed by atoms with van der Waals surface area (Å²) in [5, 5.41) is 3.90. The fourth-order valence-corrected chi connectivity index (χ4v) is 3.09. The van der Waals surface area contributed by atoms with Gasteiger partial charge in [0.25, 0.3) is 5.91 Å². The number of aldehydes is 1. The standard InChI is InChI=1S/C24H19N3O2/c1-27-15-21(13-22(27)16-28)26-24(29)19-10-8-17(9-11-19)6-7-18-12-20-4-2-3-5-23(20)25-14-18/h2-16H,1H3,(H,26,29)/b7-6+. The molecule has 1 amide bonds. The summed E-state index contributed by atoms with van der Waals surface area (Å²) in [7, 11) is 1.76. The first kappa shape index (κ1) is 18.4. The first-order valence-electron chi connectivity index (χ1n) is 9.18. The summed E-state index contributed by atoms with van der Waals surface area (Å²) in [6.07, 6.45) is 8.28. The van der Waals surface area contributed by atoms with Gasteiger partial charge in [0.2, 0.25) is 0 Å². The number of nitrogens with zero attached hydrogens (tertiary/aromatic N) is 2. The lowest BCUT2D eigenvalue weighted by Crippen LogP contribution is -2.11. The molecule has 2 heterocycles. The van der Waals surface area contributed by atoms with E-state index in [-0.39, 0.29) is 5.91 Å². The SMILES string of the molecule is Cn1cc(NC(=O)c2ccc(/C=C/c3cnc4ccccc4c3)cc2)cc1C=O. The van der Waals surface area contributed by atoms with Gasteiger partial charge in [-0.25, -0.2) is 0 Å². The van der Waals surface area contributed by atoms with Gasteiger partial charge in [-0.3, -0.25) is 14.6 Å². The Hall–Kier alpha value is -3.99. The first-order valence-corrected chi connectivity index (χ1v) is 9.18. The zero-order chi connectivity index (χ0) is 20.2. The third-order valence-electron chi connectivity index (χ3n) is 4.67. The quantitative estimate of drug-likeness (QED) is 0.505. The highest BCUT2D eigenvalue weighted by Gasteiger charge is 2.08. The van der Waals surface area contributed by atoms with Crippen molar-refractivity contribution >= 4 is 40.9 Å². The number of carbonyl (C=O) groups excluding carboxylic acids is 2. The van der Waals surface area contributed by atoms with Crippen LogP contribution in [0.1, 0.15) is 32.0 Å². The third kappa shape index (κ3) is 4.14. The van der Waals surface area contributed by atoms with E-state index in [1.165, 1.54) is 0 Å². The van der Waals surface area contributed by atoms with Crippen LogP contribution < -0.4 is 5.32 Å². The lowest BCUT2D eigenvalue weighted by atomic mass is 10.1. The molecule has 0 saturated heterocycles. The summed E-state index contributed by atoms with van der Waals surface area (Å²) in [6, 6.07) is 19.1. The van der Waals surface area contributed by atoms with Gasteiger partial charge in [-0.05, 0) is 41.5 Å². The Labute approximate surface area is 168 Å². The Kier molecular flexibility index (Phi) is 5.03.